The van der Waals surface area contributed by atoms with Gasteiger partial charge in [-0.25, -0.2) is 8.78 Å². The van der Waals surface area contributed by atoms with Crippen molar-refractivity contribution in [3.05, 3.63) is 23.8 Å². The molecule has 0 radical (unpaired) electrons. The molecule has 1 atom stereocenters. The Bertz CT molecular complexity index is 744. The summed E-state index contributed by atoms with van der Waals surface area (Å²) in [7, 11) is 1.26. The normalized spacial score (nSPS) is 16.4. The van der Waals surface area contributed by atoms with E-state index in [0.717, 1.165) is 15.9 Å². The first-order valence-corrected chi connectivity index (χ1v) is 8.63. The second-order valence-corrected chi connectivity index (χ2v) is 6.40. The van der Waals surface area contributed by atoms with Crippen LogP contribution in [-0.2, 0) is 20.5 Å². The zero-order valence-electron chi connectivity index (χ0n) is 15.5. The third-order valence-electron chi connectivity index (χ3n) is 4.33. The molecule has 0 bridgehead atoms. The van der Waals surface area contributed by atoms with E-state index >= 15 is 0 Å². The lowest BCUT2D eigenvalue weighted by Gasteiger charge is -2.30. The van der Waals surface area contributed by atoms with Crippen molar-refractivity contribution in [3.63, 3.8) is 0 Å². The second-order valence-electron chi connectivity index (χ2n) is 6.40. The van der Waals surface area contributed by atoms with Gasteiger partial charge in [-0.15, -0.1) is 0 Å². The monoisotopic (exact) mass is 424 g/mol. The minimum atomic E-state index is -4.80. The molecule has 2 rings (SSSR count). The van der Waals surface area contributed by atoms with Gasteiger partial charge in [0.1, 0.15) is 12.6 Å². The predicted octanol–water partition coefficient (Wildman–Crippen LogP) is 1.53. The van der Waals surface area contributed by atoms with Gasteiger partial charge in [0.05, 0.1) is 24.4 Å². The van der Waals surface area contributed by atoms with Crippen LogP contribution in [0, 0.1) is 0 Å². The molecule has 1 aromatic carbocycles. The van der Waals surface area contributed by atoms with Crippen molar-refractivity contribution in [1.82, 2.24) is 4.90 Å². The molecule has 162 valence electrons. The smallest absolute Gasteiger partial charge is 0.370 e. The number of rotatable bonds is 7. The van der Waals surface area contributed by atoms with Gasteiger partial charge >= 0.3 is 6.18 Å². The number of hydrogen-bond donors (Lipinski definition) is 2. The number of benzene rings is 1. The third-order valence-corrected chi connectivity index (χ3v) is 4.33. The fraction of sp³-hybridized carbons (Fsp3) is 0.529. The zero-order valence-corrected chi connectivity index (χ0v) is 15.5. The highest BCUT2D eigenvalue weighted by Gasteiger charge is 2.37. The number of morpholine rings is 1. The molecule has 0 unspecified atom stereocenters. The predicted molar refractivity (Wildman–Crippen MR) is 94.7 cm³/mol. The zero-order chi connectivity index (χ0) is 21.8. The maximum atomic E-state index is 13.6. The van der Waals surface area contributed by atoms with Crippen LogP contribution in [0.4, 0.5) is 33.3 Å². The molecule has 1 aliphatic rings. The average Bonchev–Trinajstić information content (AvgIpc) is 2.61. The van der Waals surface area contributed by atoms with E-state index in [-0.39, 0.29) is 37.7 Å². The molecule has 3 N–H and O–H groups in total. The summed E-state index contributed by atoms with van der Waals surface area (Å²) in [5, 5.41) is 2.27. The molecule has 0 aliphatic carbocycles. The van der Waals surface area contributed by atoms with E-state index < -0.39 is 42.6 Å². The Morgan fingerprint density at radius 1 is 1.38 bits per heavy atom. The lowest BCUT2D eigenvalue weighted by atomic mass is 10.1. The minimum Gasteiger partial charge on any atom is -0.370 e. The first kappa shape index (κ1) is 23.0. The number of amides is 2. The molecular weight excluding hydrogens is 403 g/mol. The van der Waals surface area contributed by atoms with E-state index in [0.29, 0.717) is 6.07 Å². The Hall–Kier alpha value is -2.31. The van der Waals surface area contributed by atoms with Crippen molar-refractivity contribution in [2.24, 2.45) is 5.73 Å². The van der Waals surface area contributed by atoms with Crippen molar-refractivity contribution in [3.8, 4) is 0 Å². The van der Waals surface area contributed by atoms with Crippen LogP contribution in [0.1, 0.15) is 5.56 Å². The molecule has 1 fully saturated rings. The number of nitrogens with one attached hydrogen (secondary N) is 1. The van der Waals surface area contributed by atoms with Gasteiger partial charge in [0.15, 0.2) is 0 Å². The van der Waals surface area contributed by atoms with Gasteiger partial charge in [-0.05, 0) is 25.2 Å². The fourth-order valence-corrected chi connectivity index (χ4v) is 2.91. The van der Waals surface area contributed by atoms with Crippen molar-refractivity contribution < 1.29 is 36.3 Å². The maximum absolute atomic E-state index is 13.6. The molecule has 1 aromatic rings. The van der Waals surface area contributed by atoms with Crippen LogP contribution in [0.5, 0.6) is 0 Å². The highest BCUT2D eigenvalue weighted by molar-refractivity contribution is 5.98. The van der Waals surface area contributed by atoms with Gasteiger partial charge in [-0.3, -0.25) is 14.5 Å². The number of alkyl halides is 5. The van der Waals surface area contributed by atoms with E-state index in [2.05, 4.69) is 5.32 Å². The van der Waals surface area contributed by atoms with E-state index in [1.165, 1.54) is 13.1 Å². The first-order chi connectivity index (χ1) is 13.5. The Kier molecular flexibility index (Phi) is 7.49. The largest absolute Gasteiger partial charge is 0.418 e. The lowest BCUT2D eigenvalue weighted by molar-refractivity contribution is -0.137. The number of carbonyl (C=O) groups is 2. The van der Waals surface area contributed by atoms with Gasteiger partial charge in [0.2, 0.25) is 5.91 Å². The molecule has 0 saturated carbocycles. The topological polar surface area (TPSA) is 87.9 Å². The van der Waals surface area contributed by atoms with Crippen LogP contribution in [0.2, 0.25) is 0 Å². The highest BCUT2D eigenvalue weighted by atomic mass is 19.4. The van der Waals surface area contributed by atoms with E-state index in [1.54, 1.807) is 0 Å². The molecule has 1 aliphatic heterocycles. The van der Waals surface area contributed by atoms with Crippen LogP contribution in [0.15, 0.2) is 18.2 Å². The van der Waals surface area contributed by atoms with Crippen molar-refractivity contribution in [2.45, 2.75) is 18.6 Å². The summed E-state index contributed by atoms with van der Waals surface area (Å²) in [5.41, 5.74) is 3.79. The van der Waals surface area contributed by atoms with E-state index in [9.17, 15) is 31.5 Å². The number of nitrogens with zero attached hydrogens (tertiary/aromatic N) is 2. The number of anilines is 2. The average molecular weight is 424 g/mol. The Balaban J connectivity index is 2.28. The molecule has 0 spiro atoms. The standard InChI is InChI=1S/C17H21F5N4O3/c1-25(8-14(18)19)13(7-23)16(28)24-10-2-3-12(11(6-10)17(20,21)22)26-4-5-29-9-15(26)27/h2-3,6,13-14H,4-5,7-9,23H2,1H3,(H,24,28)/t13-/m0/s1. The number of hydrogen-bond acceptors (Lipinski definition) is 5. The maximum Gasteiger partial charge on any atom is 0.418 e. The van der Waals surface area contributed by atoms with Gasteiger partial charge in [0.25, 0.3) is 12.3 Å². The summed E-state index contributed by atoms with van der Waals surface area (Å²) < 4.78 is 70.6. The summed E-state index contributed by atoms with van der Waals surface area (Å²) >= 11 is 0. The number of carbonyl (C=O) groups excluding carboxylic acids is 2. The molecule has 1 heterocycles. The van der Waals surface area contributed by atoms with Crippen LogP contribution >= 0.6 is 0 Å². The second kappa shape index (κ2) is 9.46. The Morgan fingerprint density at radius 3 is 2.62 bits per heavy atom. The van der Waals surface area contributed by atoms with Gasteiger partial charge in [-0.2, -0.15) is 13.2 Å². The molecule has 29 heavy (non-hydrogen) atoms. The summed E-state index contributed by atoms with van der Waals surface area (Å²) in [4.78, 5) is 26.2. The molecule has 7 nitrogen and oxygen atoms in total. The quantitative estimate of drug-likeness (QED) is 0.649. The Morgan fingerprint density at radius 2 is 2.07 bits per heavy atom. The number of likely N-dealkylation sites (N-methyl/N-ethyl adjacent to an activating group) is 1. The van der Waals surface area contributed by atoms with E-state index in [1.807, 2.05) is 0 Å². The lowest BCUT2D eigenvalue weighted by Crippen LogP contribution is -2.48. The number of halogens is 5. The van der Waals surface area contributed by atoms with Crippen molar-refractivity contribution in [2.75, 3.05) is 50.1 Å². The Labute approximate surface area is 163 Å². The molecule has 2 amide bonds. The van der Waals surface area contributed by atoms with Gasteiger partial charge in [0, 0.05) is 18.8 Å². The highest BCUT2D eigenvalue weighted by Crippen LogP contribution is 2.38. The number of nitrogens with two attached hydrogens (primary N) is 1. The van der Waals surface area contributed by atoms with Crippen LogP contribution in [0.3, 0.4) is 0 Å². The van der Waals surface area contributed by atoms with Crippen LogP contribution in [0.25, 0.3) is 0 Å². The van der Waals surface area contributed by atoms with Crippen molar-refractivity contribution in [1.29, 1.82) is 0 Å². The SMILES string of the molecule is CN(CC(F)F)[C@@H](CN)C(=O)Nc1ccc(N2CCOCC2=O)c(C(F)(F)F)c1. The van der Waals surface area contributed by atoms with E-state index in [4.69, 9.17) is 10.5 Å². The summed E-state index contributed by atoms with van der Waals surface area (Å²) in [6.07, 6.45) is -7.50. The summed E-state index contributed by atoms with van der Waals surface area (Å²) in [6, 6.07) is 1.81. The van der Waals surface area contributed by atoms with Gasteiger partial charge < -0.3 is 20.7 Å². The van der Waals surface area contributed by atoms with Crippen LogP contribution < -0.4 is 16.0 Å². The first-order valence-electron chi connectivity index (χ1n) is 8.63. The summed E-state index contributed by atoms with van der Waals surface area (Å²) in [6.45, 7) is -1.30. The van der Waals surface area contributed by atoms with Gasteiger partial charge in [-0.1, -0.05) is 0 Å². The van der Waals surface area contributed by atoms with Crippen LogP contribution in [-0.4, -0.2) is 69.1 Å². The molecule has 12 heteroatoms. The third kappa shape index (κ3) is 5.84. The number of ether oxygens (including phenoxy) is 1. The summed E-state index contributed by atoms with van der Waals surface area (Å²) in [5.74, 6) is -1.44. The molecule has 1 saturated heterocycles. The minimum absolute atomic E-state index is 0.0404. The molecule has 0 aromatic heterocycles. The fourth-order valence-electron chi connectivity index (χ4n) is 2.91. The molecular formula is C17H21F5N4O3. The van der Waals surface area contributed by atoms with Crippen molar-refractivity contribution >= 4 is 23.2 Å².